The first kappa shape index (κ1) is 24.0. The van der Waals surface area contributed by atoms with Crippen molar-refractivity contribution in [1.29, 1.82) is 0 Å². The van der Waals surface area contributed by atoms with E-state index in [-0.39, 0.29) is 5.82 Å². The zero-order chi connectivity index (χ0) is 22.3. The molecule has 1 aromatic rings. The van der Waals surface area contributed by atoms with Gasteiger partial charge in [-0.1, -0.05) is 63.7 Å². The highest BCUT2D eigenvalue weighted by atomic mass is 19.1. The van der Waals surface area contributed by atoms with Crippen LogP contribution in [-0.4, -0.2) is 0 Å². The van der Waals surface area contributed by atoms with Gasteiger partial charge < -0.3 is 0 Å². The van der Waals surface area contributed by atoms with Gasteiger partial charge in [0.15, 0.2) is 0 Å². The van der Waals surface area contributed by atoms with Gasteiger partial charge >= 0.3 is 0 Å². The largest absolute Gasteiger partial charge is 0.207 e. The molecule has 1 heteroatoms. The fourth-order valence-electron chi connectivity index (χ4n) is 7.32. The van der Waals surface area contributed by atoms with Gasteiger partial charge in [-0.05, 0) is 123 Å². The Labute approximate surface area is 197 Å². The van der Waals surface area contributed by atoms with Crippen LogP contribution in [0, 0.1) is 29.5 Å². The summed E-state index contributed by atoms with van der Waals surface area (Å²) in [4.78, 5) is 0. The number of aryl methyl sites for hydroxylation is 1. The molecule has 0 spiro atoms. The molecule has 32 heavy (non-hydrogen) atoms. The molecule has 2 saturated carbocycles. The van der Waals surface area contributed by atoms with Gasteiger partial charge in [0.1, 0.15) is 5.82 Å². The molecule has 4 rings (SSSR count). The molecule has 0 saturated heterocycles. The number of fused-ring (bicyclic) bond motifs is 2. The van der Waals surface area contributed by atoms with Crippen molar-refractivity contribution >= 4 is 0 Å². The third-order valence-electron chi connectivity index (χ3n) is 9.25. The van der Waals surface area contributed by atoms with Gasteiger partial charge in [-0.3, -0.25) is 0 Å². The first-order valence-corrected chi connectivity index (χ1v) is 14.1. The Morgan fingerprint density at radius 2 is 1.72 bits per heavy atom. The number of hydrogen-bond donors (Lipinski definition) is 0. The van der Waals surface area contributed by atoms with Gasteiger partial charge in [0.25, 0.3) is 0 Å². The van der Waals surface area contributed by atoms with Crippen molar-refractivity contribution in [2.24, 2.45) is 23.7 Å². The Balaban J connectivity index is 1.33. The maximum Gasteiger partial charge on any atom is 0.126 e. The lowest BCUT2D eigenvalue weighted by atomic mass is 9.63. The quantitative estimate of drug-likeness (QED) is 0.266. The zero-order valence-electron chi connectivity index (χ0n) is 20.9. The third-order valence-corrected chi connectivity index (χ3v) is 9.25. The normalized spacial score (nSPS) is 30.3. The molecule has 0 heterocycles. The number of benzene rings is 1. The minimum atomic E-state index is 0.110. The Kier molecular flexibility index (Phi) is 8.90. The predicted molar refractivity (Wildman–Crippen MR) is 136 cm³/mol. The summed E-state index contributed by atoms with van der Waals surface area (Å²) in [7, 11) is 0. The summed E-state index contributed by atoms with van der Waals surface area (Å²) >= 11 is 0. The second kappa shape index (κ2) is 11.8. The van der Waals surface area contributed by atoms with Crippen molar-refractivity contribution in [2.45, 2.75) is 122 Å². The van der Waals surface area contributed by atoms with Gasteiger partial charge in [-0.25, -0.2) is 4.39 Å². The number of unbranched alkanes of at least 4 members (excludes halogenated alkanes) is 3. The topological polar surface area (TPSA) is 0 Å². The summed E-state index contributed by atoms with van der Waals surface area (Å²) in [6.07, 6.45) is 25.5. The zero-order valence-corrected chi connectivity index (χ0v) is 20.9. The van der Waals surface area contributed by atoms with E-state index < -0.39 is 0 Å². The SMILES string of the molecule is C/C=C/CCC1CCC2CC(c3cc4c(cc3F)CC(CCCCCC)CC4)CCC2C1. The number of hydrogen-bond acceptors (Lipinski definition) is 0. The molecule has 0 aliphatic heterocycles. The summed E-state index contributed by atoms with van der Waals surface area (Å²) in [5, 5.41) is 0. The van der Waals surface area contributed by atoms with E-state index in [0.717, 1.165) is 35.7 Å². The Hall–Kier alpha value is -1.11. The minimum Gasteiger partial charge on any atom is -0.207 e. The van der Waals surface area contributed by atoms with Crippen molar-refractivity contribution in [3.8, 4) is 0 Å². The van der Waals surface area contributed by atoms with Gasteiger partial charge in [-0.15, -0.1) is 0 Å². The van der Waals surface area contributed by atoms with Crippen LogP contribution >= 0.6 is 0 Å². The van der Waals surface area contributed by atoms with Crippen molar-refractivity contribution in [3.63, 3.8) is 0 Å². The smallest absolute Gasteiger partial charge is 0.126 e. The van der Waals surface area contributed by atoms with Crippen molar-refractivity contribution in [1.82, 2.24) is 0 Å². The molecule has 0 bridgehead atoms. The van der Waals surface area contributed by atoms with Crippen molar-refractivity contribution in [2.75, 3.05) is 0 Å². The van der Waals surface area contributed by atoms with Crippen LogP contribution < -0.4 is 0 Å². The number of rotatable bonds is 9. The molecule has 3 aliphatic rings. The Morgan fingerprint density at radius 1 is 0.875 bits per heavy atom. The standard InChI is InChI=1S/C31H47F/c1-3-5-7-9-11-24-13-15-27-21-30(31(32)22-29(27)19-24)28-17-16-25-18-23(10-8-6-4-2)12-14-26(25)20-28/h4,6,21-26,28H,3,5,7-20H2,1-2H3/b6-4+. The highest BCUT2D eigenvalue weighted by molar-refractivity contribution is 5.37. The molecule has 0 nitrogen and oxygen atoms in total. The molecule has 0 N–H and O–H groups in total. The van der Waals surface area contributed by atoms with E-state index in [1.54, 1.807) is 0 Å². The van der Waals surface area contributed by atoms with Crippen molar-refractivity contribution in [3.05, 3.63) is 46.8 Å². The van der Waals surface area contributed by atoms with Gasteiger partial charge in [-0.2, -0.15) is 0 Å². The van der Waals surface area contributed by atoms with Crippen LogP contribution in [0.3, 0.4) is 0 Å². The predicted octanol–water partition coefficient (Wildman–Crippen LogP) is 9.56. The molecule has 1 aromatic carbocycles. The summed E-state index contributed by atoms with van der Waals surface area (Å²) in [5.41, 5.74) is 3.87. The molecule has 5 unspecified atom stereocenters. The van der Waals surface area contributed by atoms with Crippen LogP contribution in [0.2, 0.25) is 0 Å². The van der Waals surface area contributed by atoms with E-state index in [1.165, 1.54) is 107 Å². The highest BCUT2D eigenvalue weighted by Gasteiger charge is 2.36. The van der Waals surface area contributed by atoms with Gasteiger partial charge in [0, 0.05) is 0 Å². The van der Waals surface area contributed by atoms with Crippen LogP contribution in [-0.2, 0) is 12.8 Å². The Morgan fingerprint density at radius 3 is 2.56 bits per heavy atom. The van der Waals surface area contributed by atoms with Crippen LogP contribution in [0.15, 0.2) is 24.3 Å². The van der Waals surface area contributed by atoms with Crippen LogP contribution in [0.5, 0.6) is 0 Å². The second-order valence-corrected chi connectivity index (χ2v) is 11.5. The second-order valence-electron chi connectivity index (χ2n) is 11.5. The lowest BCUT2D eigenvalue weighted by molar-refractivity contribution is 0.114. The van der Waals surface area contributed by atoms with Crippen molar-refractivity contribution < 1.29 is 4.39 Å². The number of halogens is 1. The molecular formula is C31H47F. The third kappa shape index (κ3) is 6.06. The lowest BCUT2D eigenvalue weighted by Gasteiger charge is -2.42. The van der Waals surface area contributed by atoms with Gasteiger partial charge in [0.05, 0.1) is 0 Å². The average molecular weight is 439 g/mol. The van der Waals surface area contributed by atoms with Gasteiger partial charge in [0.2, 0.25) is 0 Å². The summed E-state index contributed by atoms with van der Waals surface area (Å²) in [6, 6.07) is 4.26. The maximum absolute atomic E-state index is 15.3. The van der Waals surface area contributed by atoms with Crippen LogP contribution in [0.4, 0.5) is 4.39 Å². The van der Waals surface area contributed by atoms with E-state index in [9.17, 15) is 0 Å². The first-order chi connectivity index (χ1) is 15.7. The molecule has 0 amide bonds. The summed E-state index contributed by atoms with van der Waals surface area (Å²) in [5.74, 6) is 4.04. The Bertz CT molecular complexity index is 747. The molecular weight excluding hydrogens is 391 g/mol. The van der Waals surface area contributed by atoms with E-state index >= 15 is 4.39 Å². The van der Waals surface area contributed by atoms with E-state index in [0.29, 0.717) is 5.92 Å². The van der Waals surface area contributed by atoms with E-state index in [2.05, 4.69) is 32.1 Å². The maximum atomic E-state index is 15.3. The molecule has 0 aromatic heterocycles. The lowest BCUT2D eigenvalue weighted by Crippen LogP contribution is -2.30. The fraction of sp³-hybridized carbons (Fsp3) is 0.742. The van der Waals surface area contributed by atoms with E-state index in [4.69, 9.17) is 0 Å². The van der Waals surface area contributed by atoms with Crippen LogP contribution in [0.25, 0.3) is 0 Å². The molecule has 3 aliphatic carbocycles. The fourth-order valence-corrected chi connectivity index (χ4v) is 7.32. The average Bonchev–Trinajstić information content (AvgIpc) is 2.81. The molecule has 5 atom stereocenters. The molecule has 178 valence electrons. The molecule has 2 fully saturated rings. The minimum absolute atomic E-state index is 0.110. The summed E-state index contributed by atoms with van der Waals surface area (Å²) < 4.78 is 15.3. The number of allylic oxidation sites excluding steroid dienone is 2. The summed E-state index contributed by atoms with van der Waals surface area (Å²) in [6.45, 7) is 4.41. The van der Waals surface area contributed by atoms with E-state index in [1.807, 2.05) is 6.07 Å². The van der Waals surface area contributed by atoms with Crippen LogP contribution in [0.1, 0.15) is 126 Å². The molecule has 0 radical (unpaired) electrons. The monoisotopic (exact) mass is 438 g/mol. The first-order valence-electron chi connectivity index (χ1n) is 14.1. The highest BCUT2D eigenvalue weighted by Crippen LogP contribution is 2.49.